The van der Waals surface area contributed by atoms with Crippen molar-refractivity contribution in [2.45, 2.75) is 26.3 Å². The molecular formula is C16H22N2O2S. The van der Waals surface area contributed by atoms with Gasteiger partial charge < -0.3 is 15.0 Å². The second-order valence-corrected chi connectivity index (χ2v) is 5.54. The SMILES string of the molecule is CCOC(=O)C1CCN(C(=S)NCc2ccccc2)CC1. The van der Waals surface area contributed by atoms with E-state index < -0.39 is 0 Å². The summed E-state index contributed by atoms with van der Waals surface area (Å²) < 4.78 is 5.08. The van der Waals surface area contributed by atoms with Crippen molar-refractivity contribution in [3.8, 4) is 0 Å². The lowest BCUT2D eigenvalue weighted by molar-refractivity contribution is -0.149. The topological polar surface area (TPSA) is 41.6 Å². The highest BCUT2D eigenvalue weighted by molar-refractivity contribution is 7.80. The maximum absolute atomic E-state index is 11.7. The second-order valence-electron chi connectivity index (χ2n) is 5.16. The van der Waals surface area contributed by atoms with Gasteiger partial charge in [0.15, 0.2) is 5.11 Å². The van der Waals surface area contributed by atoms with Gasteiger partial charge in [0.25, 0.3) is 0 Å². The first-order valence-electron chi connectivity index (χ1n) is 7.44. The van der Waals surface area contributed by atoms with Crippen LogP contribution in [0.5, 0.6) is 0 Å². The van der Waals surface area contributed by atoms with Crippen LogP contribution < -0.4 is 5.32 Å². The number of carbonyl (C=O) groups excluding carboxylic acids is 1. The van der Waals surface area contributed by atoms with Crippen molar-refractivity contribution in [2.75, 3.05) is 19.7 Å². The van der Waals surface area contributed by atoms with Gasteiger partial charge in [-0.15, -0.1) is 0 Å². The van der Waals surface area contributed by atoms with Gasteiger partial charge >= 0.3 is 5.97 Å². The standard InChI is InChI=1S/C16H22N2O2S/c1-2-20-15(19)14-8-10-18(11-9-14)16(21)17-12-13-6-4-3-5-7-13/h3-7,14H,2,8-12H2,1H3,(H,17,21). The summed E-state index contributed by atoms with van der Waals surface area (Å²) in [5.41, 5.74) is 1.21. The van der Waals surface area contributed by atoms with Crippen molar-refractivity contribution >= 4 is 23.3 Å². The number of benzene rings is 1. The molecule has 1 heterocycles. The van der Waals surface area contributed by atoms with E-state index >= 15 is 0 Å². The molecule has 1 N–H and O–H groups in total. The molecule has 1 aromatic carbocycles. The summed E-state index contributed by atoms with van der Waals surface area (Å²) in [5.74, 6) is -0.0431. The van der Waals surface area contributed by atoms with E-state index in [9.17, 15) is 4.79 Å². The van der Waals surface area contributed by atoms with Crippen molar-refractivity contribution in [1.82, 2.24) is 10.2 Å². The predicted molar refractivity (Wildman–Crippen MR) is 86.8 cm³/mol. The Morgan fingerprint density at radius 1 is 1.33 bits per heavy atom. The third-order valence-electron chi connectivity index (χ3n) is 3.69. The van der Waals surface area contributed by atoms with E-state index in [0.29, 0.717) is 6.61 Å². The summed E-state index contributed by atoms with van der Waals surface area (Å²) >= 11 is 5.43. The molecule has 1 aliphatic heterocycles. The lowest BCUT2D eigenvalue weighted by atomic mass is 9.97. The largest absolute Gasteiger partial charge is 0.466 e. The van der Waals surface area contributed by atoms with E-state index in [0.717, 1.165) is 37.6 Å². The Bertz CT molecular complexity index is 470. The molecule has 0 spiro atoms. The van der Waals surface area contributed by atoms with Gasteiger partial charge in [-0.1, -0.05) is 30.3 Å². The fraction of sp³-hybridized carbons (Fsp3) is 0.500. The number of esters is 1. The molecule has 1 fully saturated rings. The Morgan fingerprint density at radius 2 is 2.00 bits per heavy atom. The number of hydrogen-bond acceptors (Lipinski definition) is 3. The molecular weight excluding hydrogens is 284 g/mol. The van der Waals surface area contributed by atoms with E-state index in [-0.39, 0.29) is 11.9 Å². The molecule has 0 bridgehead atoms. The van der Waals surface area contributed by atoms with Crippen molar-refractivity contribution < 1.29 is 9.53 Å². The Kier molecular flexibility index (Phi) is 5.99. The van der Waals surface area contributed by atoms with Gasteiger partial charge in [0.2, 0.25) is 0 Å². The minimum atomic E-state index is -0.0692. The van der Waals surface area contributed by atoms with E-state index in [1.54, 1.807) is 0 Å². The van der Waals surface area contributed by atoms with E-state index in [2.05, 4.69) is 22.3 Å². The fourth-order valence-electron chi connectivity index (χ4n) is 2.46. The summed E-state index contributed by atoms with van der Waals surface area (Å²) in [5, 5.41) is 4.04. The van der Waals surface area contributed by atoms with Crippen LogP contribution in [0.3, 0.4) is 0 Å². The van der Waals surface area contributed by atoms with Crippen molar-refractivity contribution in [1.29, 1.82) is 0 Å². The summed E-state index contributed by atoms with van der Waals surface area (Å²) in [6.45, 7) is 4.65. The number of piperidine rings is 1. The molecule has 114 valence electrons. The smallest absolute Gasteiger partial charge is 0.309 e. The van der Waals surface area contributed by atoms with Crippen LogP contribution >= 0.6 is 12.2 Å². The maximum Gasteiger partial charge on any atom is 0.309 e. The number of thiocarbonyl (C=S) groups is 1. The van der Waals surface area contributed by atoms with Gasteiger partial charge in [-0.3, -0.25) is 4.79 Å². The van der Waals surface area contributed by atoms with E-state index in [1.165, 1.54) is 5.56 Å². The number of hydrogen-bond donors (Lipinski definition) is 1. The summed E-state index contributed by atoms with van der Waals surface area (Å²) in [6, 6.07) is 10.2. The molecule has 0 radical (unpaired) electrons. The molecule has 1 saturated heterocycles. The van der Waals surface area contributed by atoms with Gasteiger partial charge in [-0.05, 0) is 37.5 Å². The van der Waals surface area contributed by atoms with Crippen LogP contribution in [0, 0.1) is 5.92 Å². The first kappa shape index (κ1) is 15.8. The molecule has 0 atom stereocenters. The molecule has 0 unspecified atom stereocenters. The van der Waals surface area contributed by atoms with E-state index in [4.69, 9.17) is 17.0 Å². The first-order valence-corrected chi connectivity index (χ1v) is 7.85. The van der Waals surface area contributed by atoms with Gasteiger partial charge in [0.1, 0.15) is 0 Å². The first-order chi connectivity index (χ1) is 10.2. The third-order valence-corrected chi connectivity index (χ3v) is 4.09. The van der Waals surface area contributed by atoms with Crippen molar-refractivity contribution in [3.63, 3.8) is 0 Å². The molecule has 0 aromatic heterocycles. The quantitative estimate of drug-likeness (QED) is 0.683. The van der Waals surface area contributed by atoms with Crippen LogP contribution in [-0.2, 0) is 16.1 Å². The minimum Gasteiger partial charge on any atom is -0.466 e. The van der Waals surface area contributed by atoms with Gasteiger partial charge in [0, 0.05) is 19.6 Å². The van der Waals surface area contributed by atoms with E-state index in [1.807, 2.05) is 25.1 Å². The molecule has 1 aliphatic rings. The predicted octanol–water partition coefficient (Wildman–Crippen LogP) is 2.34. The van der Waals surface area contributed by atoms with Gasteiger partial charge in [-0.2, -0.15) is 0 Å². The number of nitrogens with zero attached hydrogens (tertiary/aromatic N) is 1. The summed E-state index contributed by atoms with van der Waals surface area (Å²) in [4.78, 5) is 13.8. The van der Waals surface area contributed by atoms with Crippen LogP contribution in [0.2, 0.25) is 0 Å². The zero-order chi connectivity index (χ0) is 15.1. The van der Waals surface area contributed by atoms with Gasteiger partial charge in [-0.25, -0.2) is 0 Å². The lowest BCUT2D eigenvalue weighted by Crippen LogP contribution is -2.45. The molecule has 0 saturated carbocycles. The third kappa shape index (κ3) is 4.70. The van der Waals surface area contributed by atoms with Crippen LogP contribution in [0.1, 0.15) is 25.3 Å². The minimum absolute atomic E-state index is 0.0260. The Hall–Kier alpha value is -1.62. The highest BCUT2D eigenvalue weighted by atomic mass is 32.1. The zero-order valence-electron chi connectivity index (χ0n) is 12.4. The summed E-state index contributed by atoms with van der Waals surface area (Å²) in [6.07, 6.45) is 1.62. The Morgan fingerprint density at radius 3 is 2.62 bits per heavy atom. The maximum atomic E-state index is 11.7. The van der Waals surface area contributed by atoms with Crippen LogP contribution in [0.15, 0.2) is 30.3 Å². The van der Waals surface area contributed by atoms with Gasteiger partial charge in [0.05, 0.1) is 12.5 Å². The second kappa shape index (κ2) is 7.98. The number of rotatable bonds is 4. The Balaban J connectivity index is 1.74. The molecule has 0 aliphatic carbocycles. The highest BCUT2D eigenvalue weighted by Crippen LogP contribution is 2.18. The average molecular weight is 306 g/mol. The molecule has 21 heavy (non-hydrogen) atoms. The van der Waals surface area contributed by atoms with Crippen molar-refractivity contribution in [3.05, 3.63) is 35.9 Å². The number of nitrogens with one attached hydrogen (secondary N) is 1. The van der Waals surface area contributed by atoms with Crippen molar-refractivity contribution in [2.24, 2.45) is 5.92 Å². The van der Waals surface area contributed by atoms with Crippen LogP contribution in [-0.4, -0.2) is 35.7 Å². The van der Waals surface area contributed by atoms with Crippen LogP contribution in [0.25, 0.3) is 0 Å². The zero-order valence-corrected chi connectivity index (χ0v) is 13.2. The monoisotopic (exact) mass is 306 g/mol. The lowest BCUT2D eigenvalue weighted by Gasteiger charge is -2.32. The number of ether oxygens (including phenoxy) is 1. The molecule has 1 aromatic rings. The highest BCUT2D eigenvalue weighted by Gasteiger charge is 2.26. The molecule has 5 heteroatoms. The summed E-state index contributed by atoms with van der Waals surface area (Å²) in [7, 11) is 0. The molecule has 2 rings (SSSR count). The van der Waals surface area contributed by atoms with Crippen LogP contribution in [0.4, 0.5) is 0 Å². The normalized spacial score (nSPS) is 15.6. The molecule has 0 amide bonds. The average Bonchev–Trinajstić information content (AvgIpc) is 2.54. The number of carbonyl (C=O) groups is 1. The number of likely N-dealkylation sites (tertiary alicyclic amines) is 1. The Labute approximate surface area is 131 Å². The fourth-order valence-corrected chi connectivity index (χ4v) is 2.72. The molecule has 4 nitrogen and oxygen atoms in total.